The molecule has 0 saturated heterocycles. The van der Waals surface area contributed by atoms with Crippen LogP contribution in [0, 0.1) is 18.3 Å². The normalized spacial score (nSPS) is 10.4. The van der Waals surface area contributed by atoms with Crippen molar-refractivity contribution in [3.63, 3.8) is 0 Å². The minimum atomic E-state index is -0.597. The molecule has 0 aliphatic carbocycles. The fourth-order valence-corrected chi connectivity index (χ4v) is 3.30. The molecule has 3 N–H and O–H groups in total. The summed E-state index contributed by atoms with van der Waals surface area (Å²) in [6.07, 6.45) is 0. The Labute approximate surface area is 174 Å². The molecule has 1 heterocycles. The molecule has 0 aliphatic rings. The monoisotopic (exact) mass is 393 g/mol. The Morgan fingerprint density at radius 2 is 1.50 bits per heavy atom. The van der Waals surface area contributed by atoms with E-state index in [-0.39, 0.29) is 0 Å². The lowest BCUT2D eigenvalue weighted by molar-refractivity contribution is 0.259. The zero-order chi connectivity index (χ0) is 21.1. The van der Waals surface area contributed by atoms with E-state index in [1.54, 1.807) is 12.1 Å². The summed E-state index contributed by atoms with van der Waals surface area (Å²) < 4.78 is 1.88. The molecule has 0 unspecified atom stereocenters. The van der Waals surface area contributed by atoms with Crippen molar-refractivity contribution in [3.05, 3.63) is 90.1 Å². The van der Waals surface area contributed by atoms with Crippen LogP contribution in [-0.4, -0.2) is 15.8 Å². The van der Waals surface area contributed by atoms with Crippen LogP contribution in [0.5, 0.6) is 0 Å². The number of benzene rings is 3. The first-order valence-electron chi connectivity index (χ1n) is 9.38. The first-order chi connectivity index (χ1) is 14.5. The number of aromatic nitrogens is 2. The highest BCUT2D eigenvalue weighted by Gasteiger charge is 2.11. The molecule has 0 atom stereocenters. The molecular weight excluding hydrogens is 374 g/mol. The Kier molecular flexibility index (Phi) is 5.02. The van der Waals surface area contributed by atoms with Gasteiger partial charge in [0.2, 0.25) is 0 Å². The SMILES string of the molecule is Cc1cc(-c2ccc(-c3ccc(C#N)cc3)cc2)n(-c2ccc(NC(N)=O)cc2)n1. The van der Waals surface area contributed by atoms with Crippen molar-refractivity contribution in [1.29, 1.82) is 5.26 Å². The number of nitrogens with zero attached hydrogens (tertiary/aromatic N) is 3. The molecule has 6 heteroatoms. The van der Waals surface area contributed by atoms with Gasteiger partial charge in [0.25, 0.3) is 0 Å². The predicted octanol–water partition coefficient (Wildman–Crippen LogP) is 4.88. The van der Waals surface area contributed by atoms with E-state index in [9.17, 15) is 4.79 Å². The number of nitriles is 1. The number of hydrogen-bond donors (Lipinski definition) is 2. The van der Waals surface area contributed by atoms with Crippen molar-refractivity contribution in [3.8, 4) is 34.1 Å². The van der Waals surface area contributed by atoms with Gasteiger partial charge in [-0.15, -0.1) is 0 Å². The summed E-state index contributed by atoms with van der Waals surface area (Å²) >= 11 is 0. The van der Waals surface area contributed by atoms with E-state index < -0.39 is 6.03 Å². The van der Waals surface area contributed by atoms with E-state index in [1.807, 2.05) is 54.1 Å². The number of primary amides is 1. The highest BCUT2D eigenvalue weighted by molar-refractivity contribution is 5.87. The van der Waals surface area contributed by atoms with Gasteiger partial charge in [-0.1, -0.05) is 36.4 Å². The Morgan fingerprint density at radius 1 is 0.933 bits per heavy atom. The van der Waals surface area contributed by atoms with Crippen molar-refractivity contribution < 1.29 is 4.79 Å². The Bertz CT molecular complexity index is 1230. The third-order valence-corrected chi connectivity index (χ3v) is 4.74. The fraction of sp³-hybridized carbons (Fsp3) is 0.0417. The summed E-state index contributed by atoms with van der Waals surface area (Å²) in [4.78, 5) is 11.0. The standard InChI is InChI=1S/C24H19N5O/c1-16-14-23(29(28-16)22-12-10-21(11-13-22)27-24(26)30)20-8-6-19(7-9-20)18-4-2-17(15-25)3-5-18/h2-14H,1H3,(H3,26,27,30). The number of hydrogen-bond acceptors (Lipinski definition) is 3. The maximum absolute atomic E-state index is 11.0. The Morgan fingerprint density at radius 3 is 2.07 bits per heavy atom. The van der Waals surface area contributed by atoms with Gasteiger partial charge in [-0.25, -0.2) is 9.48 Å². The zero-order valence-corrected chi connectivity index (χ0v) is 16.3. The summed E-state index contributed by atoms with van der Waals surface area (Å²) in [5.41, 5.74) is 12.4. The number of amides is 2. The molecule has 0 bridgehead atoms. The van der Waals surface area contributed by atoms with E-state index in [0.717, 1.165) is 33.8 Å². The van der Waals surface area contributed by atoms with Crippen molar-refractivity contribution >= 4 is 11.7 Å². The van der Waals surface area contributed by atoms with Crippen molar-refractivity contribution in [2.75, 3.05) is 5.32 Å². The molecule has 0 radical (unpaired) electrons. The lowest BCUT2D eigenvalue weighted by atomic mass is 10.0. The van der Waals surface area contributed by atoms with Gasteiger partial charge in [0, 0.05) is 11.3 Å². The number of nitrogens with one attached hydrogen (secondary N) is 1. The van der Waals surface area contributed by atoms with Gasteiger partial charge in [-0.05, 0) is 60.5 Å². The van der Waals surface area contributed by atoms with E-state index in [4.69, 9.17) is 11.0 Å². The van der Waals surface area contributed by atoms with Crippen LogP contribution in [0.15, 0.2) is 78.9 Å². The number of carbonyl (C=O) groups is 1. The van der Waals surface area contributed by atoms with Gasteiger partial charge in [-0.3, -0.25) is 0 Å². The van der Waals surface area contributed by atoms with E-state index >= 15 is 0 Å². The second-order valence-electron chi connectivity index (χ2n) is 6.89. The molecule has 0 aliphatic heterocycles. The number of urea groups is 1. The zero-order valence-electron chi connectivity index (χ0n) is 16.3. The van der Waals surface area contributed by atoms with Gasteiger partial charge < -0.3 is 11.1 Å². The Balaban J connectivity index is 1.65. The molecule has 1 aromatic heterocycles. The summed E-state index contributed by atoms with van der Waals surface area (Å²) in [6.45, 7) is 1.95. The highest BCUT2D eigenvalue weighted by atomic mass is 16.2. The second kappa shape index (κ2) is 7.94. The third-order valence-electron chi connectivity index (χ3n) is 4.74. The smallest absolute Gasteiger partial charge is 0.316 e. The molecule has 2 amide bonds. The van der Waals surface area contributed by atoms with Gasteiger partial charge in [0.05, 0.1) is 28.7 Å². The maximum atomic E-state index is 11.0. The van der Waals surface area contributed by atoms with Gasteiger partial charge >= 0.3 is 6.03 Å². The summed E-state index contributed by atoms with van der Waals surface area (Å²) in [5.74, 6) is 0. The van der Waals surface area contributed by atoms with Crippen LogP contribution in [0.3, 0.4) is 0 Å². The number of nitrogens with two attached hydrogens (primary N) is 1. The quantitative estimate of drug-likeness (QED) is 0.517. The van der Waals surface area contributed by atoms with Crippen LogP contribution in [0.1, 0.15) is 11.3 Å². The lowest BCUT2D eigenvalue weighted by Gasteiger charge is -2.10. The van der Waals surface area contributed by atoms with E-state index in [2.05, 4.69) is 40.8 Å². The highest BCUT2D eigenvalue weighted by Crippen LogP contribution is 2.28. The summed E-state index contributed by atoms with van der Waals surface area (Å²) in [7, 11) is 0. The minimum Gasteiger partial charge on any atom is -0.351 e. The maximum Gasteiger partial charge on any atom is 0.316 e. The molecule has 3 aromatic carbocycles. The van der Waals surface area contributed by atoms with Gasteiger partial charge in [-0.2, -0.15) is 10.4 Å². The first kappa shape index (κ1) is 19.0. The van der Waals surface area contributed by atoms with Crippen LogP contribution in [0.4, 0.5) is 10.5 Å². The first-order valence-corrected chi connectivity index (χ1v) is 9.38. The van der Waals surface area contributed by atoms with Crippen molar-refractivity contribution in [1.82, 2.24) is 9.78 Å². The van der Waals surface area contributed by atoms with Gasteiger partial charge in [0.15, 0.2) is 0 Å². The Hall–Kier alpha value is -4.37. The molecule has 30 heavy (non-hydrogen) atoms. The van der Waals surface area contributed by atoms with Crippen LogP contribution in [0.2, 0.25) is 0 Å². The van der Waals surface area contributed by atoms with Gasteiger partial charge in [0.1, 0.15) is 0 Å². The summed E-state index contributed by atoms with van der Waals surface area (Å²) in [5, 5.41) is 16.1. The van der Waals surface area contributed by atoms with Crippen molar-refractivity contribution in [2.45, 2.75) is 6.92 Å². The largest absolute Gasteiger partial charge is 0.351 e. The molecule has 0 saturated carbocycles. The predicted molar refractivity (Wildman–Crippen MR) is 117 cm³/mol. The lowest BCUT2D eigenvalue weighted by Crippen LogP contribution is -2.19. The molecule has 6 nitrogen and oxygen atoms in total. The van der Waals surface area contributed by atoms with E-state index in [1.165, 1.54) is 0 Å². The molecule has 146 valence electrons. The average Bonchev–Trinajstić information content (AvgIpc) is 3.16. The average molecular weight is 393 g/mol. The molecule has 0 fully saturated rings. The number of anilines is 1. The fourth-order valence-electron chi connectivity index (χ4n) is 3.30. The molecule has 4 aromatic rings. The topological polar surface area (TPSA) is 96.7 Å². The van der Waals surface area contributed by atoms with E-state index in [0.29, 0.717) is 11.3 Å². The van der Waals surface area contributed by atoms with Crippen LogP contribution in [0.25, 0.3) is 28.1 Å². The van der Waals surface area contributed by atoms with Crippen LogP contribution in [-0.2, 0) is 0 Å². The number of carbonyl (C=O) groups excluding carboxylic acids is 1. The second-order valence-corrected chi connectivity index (χ2v) is 6.89. The molecule has 4 rings (SSSR count). The van der Waals surface area contributed by atoms with Crippen LogP contribution < -0.4 is 11.1 Å². The van der Waals surface area contributed by atoms with Crippen LogP contribution >= 0.6 is 0 Å². The molecular formula is C24H19N5O. The minimum absolute atomic E-state index is 0.597. The summed E-state index contributed by atoms with van der Waals surface area (Å²) in [6, 6.07) is 26.7. The number of rotatable bonds is 4. The van der Waals surface area contributed by atoms with Crippen molar-refractivity contribution in [2.24, 2.45) is 5.73 Å². The third kappa shape index (κ3) is 3.91. The molecule has 0 spiro atoms. The number of aryl methyl sites for hydroxylation is 1.